The molecule has 2 aliphatic heterocycles. The van der Waals surface area contributed by atoms with Crippen molar-refractivity contribution in [2.24, 2.45) is 0 Å². The highest BCUT2D eigenvalue weighted by Gasteiger charge is 2.47. The number of carbonyl (C=O) groups is 2. The fraction of sp³-hybridized carbons (Fsp3) is 0.406. The molecular weight excluding hydrogens is 504 g/mol. The third-order valence-corrected chi connectivity index (χ3v) is 8.01. The fourth-order valence-corrected chi connectivity index (χ4v) is 5.90. The number of H-pyrrole nitrogens is 1. The van der Waals surface area contributed by atoms with Gasteiger partial charge in [-0.15, -0.1) is 0 Å². The number of carbonyl (C=O) groups excluding carboxylic acids is 2. The summed E-state index contributed by atoms with van der Waals surface area (Å²) in [6.07, 6.45) is 0. The highest BCUT2D eigenvalue weighted by Crippen LogP contribution is 2.46. The number of morpholine rings is 1. The first kappa shape index (κ1) is 27.6. The molecule has 2 N–H and O–H groups in total. The number of nitrogens with one attached hydrogen (secondary N) is 2. The van der Waals surface area contributed by atoms with Gasteiger partial charge in [0.25, 0.3) is 11.5 Å². The molecule has 40 heavy (non-hydrogen) atoms. The van der Waals surface area contributed by atoms with Crippen LogP contribution in [0.5, 0.6) is 0 Å². The number of benzene rings is 2. The van der Waals surface area contributed by atoms with Gasteiger partial charge in [-0.05, 0) is 88.6 Å². The predicted molar refractivity (Wildman–Crippen MR) is 158 cm³/mol. The molecule has 2 amide bonds. The Balaban J connectivity index is 1.56. The van der Waals surface area contributed by atoms with E-state index in [1.165, 1.54) is 0 Å². The Morgan fingerprint density at radius 2 is 1.70 bits per heavy atom. The molecule has 3 aromatic rings. The number of aryl methyl sites for hydroxylation is 2. The molecule has 0 radical (unpaired) electrons. The first-order valence-electron chi connectivity index (χ1n) is 13.9. The number of aromatic nitrogens is 1. The Morgan fingerprint density at radius 3 is 2.33 bits per heavy atom. The summed E-state index contributed by atoms with van der Waals surface area (Å²) in [4.78, 5) is 46.9. The second-order valence-electron chi connectivity index (χ2n) is 11.6. The minimum atomic E-state index is -0.873. The lowest BCUT2D eigenvalue weighted by atomic mass is 9.81. The lowest BCUT2D eigenvalue weighted by Gasteiger charge is -2.29. The molecule has 8 heteroatoms. The van der Waals surface area contributed by atoms with Gasteiger partial charge in [0.2, 0.25) is 5.91 Å². The first-order valence-corrected chi connectivity index (χ1v) is 13.9. The number of rotatable bonds is 6. The van der Waals surface area contributed by atoms with Crippen LogP contribution in [0.3, 0.4) is 0 Å². The normalized spacial score (nSPS) is 16.4. The van der Waals surface area contributed by atoms with E-state index in [2.05, 4.69) is 39.5 Å². The molecule has 0 unspecified atom stereocenters. The van der Waals surface area contributed by atoms with Crippen molar-refractivity contribution in [2.75, 3.05) is 36.1 Å². The lowest BCUT2D eigenvalue weighted by Crippen LogP contribution is -2.40. The van der Waals surface area contributed by atoms with E-state index in [1.807, 2.05) is 59.7 Å². The van der Waals surface area contributed by atoms with Crippen LogP contribution in [0.15, 0.2) is 47.3 Å². The van der Waals surface area contributed by atoms with Crippen LogP contribution >= 0.6 is 0 Å². The molecule has 1 fully saturated rings. The molecule has 0 aliphatic carbocycles. The van der Waals surface area contributed by atoms with E-state index < -0.39 is 5.41 Å². The Labute approximate surface area is 235 Å². The van der Waals surface area contributed by atoms with Crippen LogP contribution in [0.1, 0.15) is 60.4 Å². The number of hydrogen-bond donors (Lipinski definition) is 2. The molecule has 5 rings (SSSR count). The number of anilines is 2. The van der Waals surface area contributed by atoms with Crippen LogP contribution in [-0.2, 0) is 21.5 Å². The van der Waals surface area contributed by atoms with Gasteiger partial charge in [-0.3, -0.25) is 14.4 Å². The molecule has 1 aromatic heterocycles. The van der Waals surface area contributed by atoms with Gasteiger partial charge in [-0.1, -0.05) is 12.1 Å². The van der Waals surface area contributed by atoms with E-state index >= 15 is 0 Å². The van der Waals surface area contributed by atoms with E-state index in [0.29, 0.717) is 29.9 Å². The molecule has 0 saturated carbocycles. The molecule has 2 aromatic carbocycles. The predicted octanol–water partition coefficient (Wildman–Crippen LogP) is 4.46. The molecule has 0 atom stereocenters. The summed E-state index contributed by atoms with van der Waals surface area (Å²) in [7, 11) is 0. The average molecular weight is 543 g/mol. The highest BCUT2D eigenvalue weighted by atomic mass is 16.5. The van der Waals surface area contributed by atoms with Gasteiger partial charge < -0.3 is 24.8 Å². The summed E-state index contributed by atoms with van der Waals surface area (Å²) >= 11 is 0. The Kier molecular flexibility index (Phi) is 7.31. The van der Waals surface area contributed by atoms with E-state index in [4.69, 9.17) is 4.74 Å². The Bertz CT molecular complexity index is 1520. The van der Waals surface area contributed by atoms with Crippen molar-refractivity contribution in [2.45, 2.75) is 59.5 Å². The third-order valence-electron chi connectivity index (χ3n) is 8.01. The number of aromatic amines is 1. The molecule has 8 nitrogen and oxygen atoms in total. The number of amides is 2. The molecule has 0 spiro atoms. The van der Waals surface area contributed by atoms with Gasteiger partial charge in [0.05, 0.1) is 18.6 Å². The van der Waals surface area contributed by atoms with E-state index in [9.17, 15) is 14.4 Å². The third kappa shape index (κ3) is 4.92. The first-order chi connectivity index (χ1) is 19.0. The van der Waals surface area contributed by atoms with Crippen molar-refractivity contribution in [1.29, 1.82) is 0 Å². The summed E-state index contributed by atoms with van der Waals surface area (Å²) in [6.45, 7) is 14.6. The van der Waals surface area contributed by atoms with Gasteiger partial charge >= 0.3 is 0 Å². The van der Waals surface area contributed by atoms with Crippen LogP contribution in [0, 0.1) is 13.8 Å². The maximum absolute atomic E-state index is 13.8. The number of hydrogen-bond acceptors (Lipinski definition) is 5. The van der Waals surface area contributed by atoms with Crippen molar-refractivity contribution >= 4 is 23.2 Å². The molecular formula is C32H38N4O4. The van der Waals surface area contributed by atoms with Crippen molar-refractivity contribution < 1.29 is 14.3 Å². The zero-order chi connectivity index (χ0) is 28.8. The number of ether oxygens (including phenoxy) is 1. The summed E-state index contributed by atoms with van der Waals surface area (Å²) in [6, 6.07) is 14.0. The quantitative estimate of drug-likeness (QED) is 0.480. The minimum Gasteiger partial charge on any atom is -0.378 e. The molecule has 2 aliphatic rings. The molecule has 0 bridgehead atoms. The van der Waals surface area contributed by atoms with Crippen molar-refractivity contribution in [1.82, 2.24) is 10.3 Å². The summed E-state index contributed by atoms with van der Waals surface area (Å²) in [5.41, 5.74) is 5.90. The molecule has 210 valence electrons. The SMILES string of the molecule is Cc1cc(C)c(CNC(=O)c2cc(-c3ccc(N4CCOCC4)cc3)cc3c2C(C)(C)C(=O)N3C(C)C)c(=O)[nH]1. The van der Waals surface area contributed by atoms with E-state index in [0.717, 1.165) is 46.8 Å². The largest absolute Gasteiger partial charge is 0.378 e. The zero-order valence-electron chi connectivity index (χ0n) is 24.2. The standard InChI is InChI=1S/C32H38N4O4/c1-19(2)36-27-17-23(22-7-9-24(10-8-22)35-11-13-40-14-12-35)16-25(28(27)32(5,6)31(36)39)29(37)33-18-26-20(3)15-21(4)34-30(26)38/h7-10,15-17,19H,11-14,18H2,1-6H3,(H,33,37)(H,34,38). The van der Waals surface area contributed by atoms with Gasteiger partial charge in [-0.25, -0.2) is 0 Å². The minimum absolute atomic E-state index is 0.0304. The van der Waals surface area contributed by atoms with Crippen LogP contribution in [-0.4, -0.2) is 49.1 Å². The maximum Gasteiger partial charge on any atom is 0.253 e. The number of fused-ring (bicyclic) bond motifs is 1. The van der Waals surface area contributed by atoms with E-state index in [1.54, 1.807) is 4.90 Å². The summed E-state index contributed by atoms with van der Waals surface area (Å²) < 4.78 is 5.48. The second-order valence-corrected chi connectivity index (χ2v) is 11.6. The fourth-order valence-electron chi connectivity index (χ4n) is 5.90. The smallest absolute Gasteiger partial charge is 0.253 e. The molecule has 1 saturated heterocycles. The maximum atomic E-state index is 13.8. The topological polar surface area (TPSA) is 94.7 Å². The van der Waals surface area contributed by atoms with Gasteiger partial charge in [0.1, 0.15) is 0 Å². The highest BCUT2D eigenvalue weighted by molar-refractivity contribution is 6.13. The number of pyridine rings is 1. The van der Waals surface area contributed by atoms with Crippen LogP contribution < -0.4 is 20.7 Å². The van der Waals surface area contributed by atoms with E-state index in [-0.39, 0.29) is 30.0 Å². The van der Waals surface area contributed by atoms with Crippen molar-refractivity contribution in [3.8, 4) is 11.1 Å². The van der Waals surface area contributed by atoms with Crippen LogP contribution in [0.4, 0.5) is 11.4 Å². The monoisotopic (exact) mass is 542 g/mol. The molecule has 3 heterocycles. The van der Waals surface area contributed by atoms with Crippen LogP contribution in [0.25, 0.3) is 11.1 Å². The number of nitrogens with zero attached hydrogens (tertiary/aromatic N) is 2. The summed E-state index contributed by atoms with van der Waals surface area (Å²) in [5.74, 6) is -0.342. The van der Waals surface area contributed by atoms with Gasteiger partial charge in [-0.2, -0.15) is 0 Å². The van der Waals surface area contributed by atoms with Gasteiger partial charge in [0.15, 0.2) is 0 Å². The lowest BCUT2D eigenvalue weighted by molar-refractivity contribution is -0.122. The van der Waals surface area contributed by atoms with Gasteiger partial charge in [0, 0.05) is 59.4 Å². The Morgan fingerprint density at radius 1 is 1.02 bits per heavy atom. The second kappa shape index (κ2) is 10.6. The Hall–Kier alpha value is -3.91. The summed E-state index contributed by atoms with van der Waals surface area (Å²) in [5, 5.41) is 2.97. The zero-order valence-corrected chi connectivity index (χ0v) is 24.2. The van der Waals surface area contributed by atoms with Crippen LogP contribution in [0.2, 0.25) is 0 Å². The van der Waals surface area contributed by atoms with Crippen molar-refractivity contribution in [3.05, 3.63) is 80.8 Å². The average Bonchev–Trinajstić information content (AvgIpc) is 3.12. The van der Waals surface area contributed by atoms with Crippen molar-refractivity contribution in [3.63, 3.8) is 0 Å².